The molecule has 0 spiro atoms. The number of guanidine groups is 1. The fraction of sp³-hybridized carbons (Fsp3) is 0.684. The summed E-state index contributed by atoms with van der Waals surface area (Å²) in [5.41, 5.74) is 16.8. The van der Waals surface area contributed by atoms with Crippen LogP contribution in [0.1, 0.15) is 92.2 Å². The zero-order chi connectivity index (χ0) is 45.4. The van der Waals surface area contributed by atoms with Crippen molar-refractivity contribution < 1.29 is 43.5 Å². The molecule has 1 aromatic heterocycles. The molecule has 7 amide bonds. The van der Waals surface area contributed by atoms with Gasteiger partial charge in [0.15, 0.2) is 5.96 Å². The van der Waals surface area contributed by atoms with Gasteiger partial charge in [-0.3, -0.25) is 38.6 Å². The van der Waals surface area contributed by atoms with Gasteiger partial charge in [-0.25, -0.2) is 4.98 Å². The van der Waals surface area contributed by atoms with Gasteiger partial charge in [0.1, 0.15) is 42.5 Å². The van der Waals surface area contributed by atoms with Gasteiger partial charge in [0.25, 0.3) is 0 Å². The Morgan fingerprint density at radius 1 is 0.717 bits per heavy atom. The number of aromatic nitrogens is 2. The van der Waals surface area contributed by atoms with Crippen LogP contribution in [-0.2, 0) is 44.8 Å². The van der Waals surface area contributed by atoms with E-state index in [0.29, 0.717) is 37.8 Å². The highest BCUT2D eigenvalue weighted by Gasteiger charge is 2.33. The van der Waals surface area contributed by atoms with Crippen LogP contribution in [-0.4, -0.2) is 131 Å². The molecule has 1 aromatic rings. The van der Waals surface area contributed by atoms with Crippen molar-refractivity contribution in [2.24, 2.45) is 34.0 Å². The second-order valence-electron chi connectivity index (χ2n) is 15.4. The highest BCUT2D eigenvalue weighted by molar-refractivity contribution is 5.97. The minimum atomic E-state index is -1.35. The first-order valence-electron chi connectivity index (χ1n) is 20.2. The highest BCUT2D eigenvalue weighted by Crippen LogP contribution is 2.11. The molecule has 1 heterocycles. The Balaban J connectivity index is 3.24. The quantitative estimate of drug-likeness (QED) is 0.0164. The smallest absolute Gasteiger partial charge is 0.245 e. The first-order valence-corrected chi connectivity index (χ1v) is 20.2. The van der Waals surface area contributed by atoms with Crippen molar-refractivity contribution in [3.63, 3.8) is 0 Å². The Labute approximate surface area is 350 Å². The van der Waals surface area contributed by atoms with Crippen LogP contribution in [0.4, 0.5) is 0 Å². The zero-order valence-corrected chi connectivity index (χ0v) is 35.5. The predicted molar refractivity (Wildman–Crippen MR) is 222 cm³/mol. The van der Waals surface area contributed by atoms with Gasteiger partial charge in [0.05, 0.1) is 19.0 Å². The SMILES string of the molecule is CC(=O)N[C@@H](CO)C(=O)N[C@@H](Cc1cnc[nH]1)C(=O)N[C@@H](CCCCN)C(=O)N[C@@H](CC(C)C)C(=O)N[C@@H](CC(C)C)C(=O)N[C@@H](C)C(=O)N[C@H](C=O)CCCN=C(N)N. The van der Waals surface area contributed by atoms with Crippen LogP contribution >= 0.6 is 0 Å². The second-order valence-corrected chi connectivity index (χ2v) is 15.4. The lowest BCUT2D eigenvalue weighted by Gasteiger charge is -2.28. The minimum Gasteiger partial charge on any atom is -0.394 e. The molecule has 0 saturated carbocycles. The number of aliphatic hydroxyl groups is 1. The Bertz CT molecular complexity index is 1570. The molecule has 0 aliphatic carbocycles. The fourth-order valence-corrected chi connectivity index (χ4v) is 5.90. The Hall–Kier alpha value is -5.64. The van der Waals surface area contributed by atoms with Crippen LogP contribution in [0.3, 0.4) is 0 Å². The molecule has 0 saturated heterocycles. The number of nitrogens with zero attached hydrogens (tertiary/aromatic N) is 2. The molecule has 0 bridgehead atoms. The number of aliphatic hydroxyl groups excluding tert-OH is 1. The van der Waals surface area contributed by atoms with Crippen molar-refractivity contribution in [1.29, 1.82) is 0 Å². The maximum atomic E-state index is 14.0. The number of carbonyl (C=O) groups is 8. The molecule has 338 valence electrons. The average Bonchev–Trinajstić information content (AvgIpc) is 3.69. The number of aldehydes is 1. The predicted octanol–water partition coefficient (Wildman–Crippen LogP) is -3.15. The zero-order valence-electron chi connectivity index (χ0n) is 35.5. The van der Waals surface area contributed by atoms with Crippen molar-refractivity contribution in [3.8, 4) is 0 Å². The summed E-state index contributed by atoms with van der Waals surface area (Å²) in [5.74, 6) is -5.18. The lowest BCUT2D eigenvalue weighted by molar-refractivity contribution is -0.136. The number of H-pyrrole nitrogens is 1. The van der Waals surface area contributed by atoms with Crippen LogP contribution in [0, 0.1) is 11.8 Å². The summed E-state index contributed by atoms with van der Waals surface area (Å²) >= 11 is 0. The summed E-state index contributed by atoms with van der Waals surface area (Å²) < 4.78 is 0. The van der Waals surface area contributed by atoms with E-state index in [2.05, 4.69) is 52.2 Å². The molecule has 15 N–H and O–H groups in total. The van der Waals surface area contributed by atoms with Crippen LogP contribution < -0.4 is 54.4 Å². The Kier molecular flexibility index (Phi) is 24.4. The van der Waals surface area contributed by atoms with E-state index in [4.69, 9.17) is 17.2 Å². The summed E-state index contributed by atoms with van der Waals surface area (Å²) in [4.78, 5) is 115. The molecule has 0 aromatic carbocycles. The third-order valence-corrected chi connectivity index (χ3v) is 8.96. The number of hydrogen-bond donors (Lipinski definition) is 12. The molecule has 1 rings (SSSR count). The first-order chi connectivity index (χ1) is 28.3. The number of rotatable bonds is 29. The third-order valence-electron chi connectivity index (χ3n) is 8.96. The van der Waals surface area contributed by atoms with Gasteiger partial charge in [-0.1, -0.05) is 27.7 Å². The number of imidazole rings is 1. The van der Waals surface area contributed by atoms with Crippen molar-refractivity contribution in [3.05, 3.63) is 18.2 Å². The van der Waals surface area contributed by atoms with Crippen LogP contribution in [0.25, 0.3) is 0 Å². The average molecular weight is 850 g/mol. The van der Waals surface area contributed by atoms with Gasteiger partial charge in [0, 0.05) is 31.8 Å². The molecule has 7 atom stereocenters. The van der Waals surface area contributed by atoms with Crippen molar-refractivity contribution >= 4 is 53.6 Å². The maximum absolute atomic E-state index is 14.0. The Morgan fingerprint density at radius 2 is 1.25 bits per heavy atom. The molecule has 22 heteroatoms. The molecule has 22 nitrogen and oxygen atoms in total. The minimum absolute atomic E-state index is 0.0868. The van der Waals surface area contributed by atoms with Gasteiger partial charge in [0.2, 0.25) is 41.4 Å². The molecule has 0 fully saturated rings. The topological polar surface area (TPSA) is 360 Å². The third kappa shape index (κ3) is 20.9. The number of carbonyl (C=O) groups excluding carboxylic acids is 8. The van der Waals surface area contributed by atoms with E-state index in [1.807, 2.05) is 27.7 Å². The lowest BCUT2D eigenvalue weighted by Crippen LogP contribution is -2.60. The van der Waals surface area contributed by atoms with Gasteiger partial charge in [-0.05, 0) is 70.3 Å². The monoisotopic (exact) mass is 850 g/mol. The maximum Gasteiger partial charge on any atom is 0.245 e. The molecule has 0 aliphatic rings. The number of unbranched alkanes of at least 4 members (excludes halogenated alkanes) is 1. The summed E-state index contributed by atoms with van der Waals surface area (Å²) in [6.07, 6.45) is 5.33. The number of hydrogen-bond acceptors (Lipinski definition) is 12. The highest BCUT2D eigenvalue weighted by atomic mass is 16.3. The largest absolute Gasteiger partial charge is 0.394 e. The van der Waals surface area contributed by atoms with Crippen molar-refractivity contribution in [2.45, 2.75) is 135 Å². The van der Waals surface area contributed by atoms with E-state index in [0.717, 1.165) is 0 Å². The number of nitrogens with one attached hydrogen (secondary N) is 8. The summed E-state index contributed by atoms with van der Waals surface area (Å²) in [5, 5.41) is 27.8. The van der Waals surface area contributed by atoms with Gasteiger partial charge < -0.3 is 69.3 Å². The van der Waals surface area contributed by atoms with Crippen LogP contribution in [0.15, 0.2) is 17.5 Å². The van der Waals surface area contributed by atoms with E-state index in [9.17, 15) is 43.5 Å². The molecule has 0 aliphatic heterocycles. The Morgan fingerprint density at radius 3 is 1.75 bits per heavy atom. The number of aliphatic imine (C=N–C) groups is 1. The first kappa shape index (κ1) is 52.4. The molecular weight excluding hydrogens is 782 g/mol. The number of amides is 7. The summed E-state index contributed by atoms with van der Waals surface area (Å²) in [7, 11) is 0. The second kappa shape index (κ2) is 27.9. The molecular formula is C38H67N13O9. The van der Waals surface area contributed by atoms with Crippen molar-refractivity contribution in [2.75, 3.05) is 19.7 Å². The standard InChI is InChI=1S/C38H67N13O9/c1-21(2)14-28(34(57)45-23(5)32(55)47-25(18-52)10-9-13-43-38(40)41)50-35(58)29(15-22(3)4)49-33(56)27(11-7-8-12-39)48-36(59)30(16-26-17-42-20-44-26)51-37(60)31(19-53)46-24(6)54/h17-18,20-23,25,27-31,53H,7-16,19,39H2,1-6H3,(H,42,44)(H,45,57)(H,46,54)(H,47,55)(H,48,59)(H,49,56)(H,50,58)(H,51,60)(H4,40,41,43)/t23-,25-,27-,28-,29-,30-,31-/m0/s1. The number of nitrogens with two attached hydrogens (primary N) is 3. The van der Waals surface area contributed by atoms with E-state index in [-0.39, 0.29) is 56.4 Å². The lowest BCUT2D eigenvalue weighted by atomic mass is 9.99. The van der Waals surface area contributed by atoms with E-state index >= 15 is 0 Å². The molecule has 60 heavy (non-hydrogen) atoms. The van der Waals surface area contributed by atoms with Gasteiger partial charge in [-0.2, -0.15) is 0 Å². The number of aromatic amines is 1. The molecule has 0 radical (unpaired) electrons. The van der Waals surface area contributed by atoms with E-state index in [1.165, 1.54) is 26.4 Å². The van der Waals surface area contributed by atoms with Crippen molar-refractivity contribution in [1.82, 2.24) is 47.2 Å². The summed E-state index contributed by atoms with van der Waals surface area (Å²) in [6, 6.07) is -8.06. The molecule has 0 unspecified atom stereocenters. The summed E-state index contributed by atoms with van der Waals surface area (Å²) in [6.45, 7) is 9.77. The fourth-order valence-electron chi connectivity index (χ4n) is 5.90. The normalized spacial score (nSPS) is 14.6. The van der Waals surface area contributed by atoms with Crippen LogP contribution in [0.2, 0.25) is 0 Å². The van der Waals surface area contributed by atoms with E-state index < -0.39 is 90.3 Å². The van der Waals surface area contributed by atoms with E-state index in [1.54, 1.807) is 0 Å². The van der Waals surface area contributed by atoms with Gasteiger partial charge >= 0.3 is 0 Å². The van der Waals surface area contributed by atoms with Crippen LogP contribution in [0.5, 0.6) is 0 Å². The van der Waals surface area contributed by atoms with Gasteiger partial charge in [-0.15, -0.1) is 0 Å².